The Labute approximate surface area is 183 Å². The molecule has 3 N–H and O–H groups in total. The molecule has 0 radical (unpaired) electrons. The predicted octanol–water partition coefficient (Wildman–Crippen LogP) is 2.47. The molecule has 8 nitrogen and oxygen atoms in total. The third-order valence-corrected chi connectivity index (χ3v) is 6.10. The molecule has 9 heteroatoms. The van der Waals surface area contributed by atoms with E-state index in [-0.39, 0.29) is 17.2 Å². The fourth-order valence-electron chi connectivity index (χ4n) is 3.03. The molecule has 2 rings (SSSR count). The lowest BCUT2D eigenvalue weighted by Gasteiger charge is -2.20. The monoisotopic (exact) mass is 447 g/mol. The van der Waals surface area contributed by atoms with E-state index in [1.165, 1.54) is 31.4 Å². The lowest BCUT2D eigenvalue weighted by atomic mass is 10.0. The SMILES string of the molecule is COc1ccc(S(=O)(=O)NC(CC(C)C)C(=O)NNC(=O)c2ccc(C)cc2C)cc1. The van der Waals surface area contributed by atoms with Gasteiger partial charge in [0.05, 0.1) is 12.0 Å². The number of carbonyl (C=O) groups is 2. The molecule has 2 aromatic carbocycles. The Morgan fingerprint density at radius 1 is 1.00 bits per heavy atom. The van der Waals surface area contributed by atoms with E-state index in [9.17, 15) is 18.0 Å². The van der Waals surface area contributed by atoms with E-state index in [1.54, 1.807) is 19.1 Å². The quantitative estimate of drug-likeness (QED) is 0.538. The van der Waals surface area contributed by atoms with Crippen molar-refractivity contribution < 1.29 is 22.7 Å². The van der Waals surface area contributed by atoms with Crippen LogP contribution in [0.5, 0.6) is 5.75 Å². The Kier molecular flexibility index (Phi) is 8.18. The van der Waals surface area contributed by atoms with Crippen LogP contribution in [0.4, 0.5) is 0 Å². The number of rotatable bonds is 8. The van der Waals surface area contributed by atoms with Crippen LogP contribution in [-0.2, 0) is 14.8 Å². The first-order chi connectivity index (χ1) is 14.5. The molecule has 1 atom stereocenters. The Morgan fingerprint density at radius 3 is 2.19 bits per heavy atom. The summed E-state index contributed by atoms with van der Waals surface area (Å²) in [5.74, 6) is -0.579. The molecule has 0 bridgehead atoms. The molecule has 31 heavy (non-hydrogen) atoms. The molecule has 2 aromatic rings. The lowest BCUT2D eigenvalue weighted by Crippen LogP contribution is -2.52. The molecular weight excluding hydrogens is 418 g/mol. The van der Waals surface area contributed by atoms with Gasteiger partial charge in [-0.3, -0.25) is 20.4 Å². The molecule has 0 spiro atoms. The van der Waals surface area contributed by atoms with E-state index in [0.29, 0.717) is 11.3 Å². The molecule has 0 fully saturated rings. The minimum atomic E-state index is -3.96. The van der Waals surface area contributed by atoms with Gasteiger partial charge >= 0.3 is 0 Å². The average molecular weight is 448 g/mol. The smallest absolute Gasteiger partial charge is 0.269 e. The van der Waals surface area contributed by atoms with Gasteiger partial charge in [-0.25, -0.2) is 8.42 Å². The highest BCUT2D eigenvalue weighted by atomic mass is 32.2. The summed E-state index contributed by atoms with van der Waals surface area (Å²) in [7, 11) is -2.47. The van der Waals surface area contributed by atoms with Crippen LogP contribution in [0.2, 0.25) is 0 Å². The van der Waals surface area contributed by atoms with Gasteiger partial charge < -0.3 is 4.74 Å². The van der Waals surface area contributed by atoms with Crippen molar-refractivity contribution in [2.24, 2.45) is 5.92 Å². The van der Waals surface area contributed by atoms with Crippen molar-refractivity contribution in [3.05, 3.63) is 59.2 Å². The van der Waals surface area contributed by atoms with E-state index in [0.717, 1.165) is 11.1 Å². The Hall–Kier alpha value is -2.91. The van der Waals surface area contributed by atoms with Crippen molar-refractivity contribution >= 4 is 21.8 Å². The first kappa shape index (κ1) is 24.4. The van der Waals surface area contributed by atoms with Crippen LogP contribution >= 0.6 is 0 Å². The summed E-state index contributed by atoms with van der Waals surface area (Å²) in [4.78, 5) is 25.1. The fraction of sp³-hybridized carbons (Fsp3) is 0.364. The number of sulfonamides is 1. The van der Waals surface area contributed by atoms with Gasteiger partial charge in [0, 0.05) is 5.56 Å². The minimum absolute atomic E-state index is 0.00849. The van der Waals surface area contributed by atoms with Crippen molar-refractivity contribution in [1.82, 2.24) is 15.6 Å². The number of aryl methyl sites for hydroxylation is 2. The average Bonchev–Trinajstić information content (AvgIpc) is 2.70. The zero-order chi connectivity index (χ0) is 23.2. The zero-order valence-corrected chi connectivity index (χ0v) is 19.2. The van der Waals surface area contributed by atoms with Crippen molar-refractivity contribution in [3.8, 4) is 5.75 Å². The van der Waals surface area contributed by atoms with Gasteiger partial charge in [0.2, 0.25) is 10.0 Å². The van der Waals surface area contributed by atoms with Crippen molar-refractivity contribution in [2.75, 3.05) is 7.11 Å². The number of hydrazine groups is 1. The van der Waals surface area contributed by atoms with Crippen molar-refractivity contribution in [1.29, 1.82) is 0 Å². The minimum Gasteiger partial charge on any atom is -0.497 e. The Balaban J connectivity index is 2.11. The summed E-state index contributed by atoms with van der Waals surface area (Å²) in [5, 5.41) is 0. The molecule has 1 unspecified atom stereocenters. The highest BCUT2D eigenvalue weighted by molar-refractivity contribution is 7.89. The molecule has 0 aliphatic heterocycles. The largest absolute Gasteiger partial charge is 0.497 e. The van der Waals surface area contributed by atoms with E-state index in [1.807, 2.05) is 26.8 Å². The van der Waals surface area contributed by atoms with Crippen LogP contribution < -0.4 is 20.3 Å². The highest BCUT2D eigenvalue weighted by Gasteiger charge is 2.27. The first-order valence-corrected chi connectivity index (χ1v) is 11.4. The molecule has 0 heterocycles. The third-order valence-electron chi connectivity index (χ3n) is 4.62. The maximum Gasteiger partial charge on any atom is 0.269 e. The van der Waals surface area contributed by atoms with Gasteiger partial charge in [0.1, 0.15) is 11.8 Å². The number of amides is 2. The summed E-state index contributed by atoms with van der Waals surface area (Å²) in [6.45, 7) is 7.46. The summed E-state index contributed by atoms with van der Waals surface area (Å²) in [6, 6.07) is 10.1. The summed E-state index contributed by atoms with van der Waals surface area (Å²) < 4.78 is 33.0. The Bertz CT molecular complexity index is 1030. The maximum absolute atomic E-state index is 12.7. The molecule has 0 saturated carbocycles. The molecule has 0 aliphatic carbocycles. The summed E-state index contributed by atoms with van der Waals surface area (Å²) >= 11 is 0. The highest BCUT2D eigenvalue weighted by Crippen LogP contribution is 2.17. The number of hydrogen-bond acceptors (Lipinski definition) is 5. The lowest BCUT2D eigenvalue weighted by molar-refractivity contribution is -0.123. The van der Waals surface area contributed by atoms with E-state index in [2.05, 4.69) is 15.6 Å². The molecule has 0 aromatic heterocycles. The van der Waals surface area contributed by atoms with Gasteiger partial charge in [-0.2, -0.15) is 4.72 Å². The van der Waals surface area contributed by atoms with Crippen LogP contribution in [0.15, 0.2) is 47.4 Å². The van der Waals surface area contributed by atoms with E-state index >= 15 is 0 Å². The zero-order valence-electron chi connectivity index (χ0n) is 18.4. The first-order valence-electron chi connectivity index (χ1n) is 9.87. The number of hydrogen-bond donors (Lipinski definition) is 3. The van der Waals surface area contributed by atoms with Gasteiger partial charge in [-0.15, -0.1) is 0 Å². The van der Waals surface area contributed by atoms with Crippen LogP contribution in [0.25, 0.3) is 0 Å². The van der Waals surface area contributed by atoms with Crippen LogP contribution in [0.1, 0.15) is 41.8 Å². The third kappa shape index (κ3) is 6.80. The van der Waals surface area contributed by atoms with Crippen molar-refractivity contribution in [3.63, 3.8) is 0 Å². The molecular formula is C22H29N3O5S. The van der Waals surface area contributed by atoms with Gasteiger partial charge in [0.25, 0.3) is 11.8 Å². The summed E-state index contributed by atoms with van der Waals surface area (Å²) in [5.41, 5.74) is 6.91. The normalized spacial score (nSPS) is 12.3. The maximum atomic E-state index is 12.7. The fourth-order valence-corrected chi connectivity index (χ4v) is 4.24. The van der Waals surface area contributed by atoms with Gasteiger partial charge in [0.15, 0.2) is 0 Å². The number of methoxy groups -OCH3 is 1. The van der Waals surface area contributed by atoms with Crippen LogP contribution in [-0.4, -0.2) is 33.4 Å². The molecule has 2 amide bonds. The molecule has 0 aliphatic rings. The van der Waals surface area contributed by atoms with Crippen molar-refractivity contribution in [2.45, 2.75) is 45.1 Å². The second kappa shape index (κ2) is 10.4. The number of carbonyl (C=O) groups excluding carboxylic acids is 2. The molecule has 168 valence electrons. The van der Waals surface area contributed by atoms with Crippen LogP contribution in [0.3, 0.4) is 0 Å². The predicted molar refractivity (Wildman–Crippen MR) is 118 cm³/mol. The van der Waals surface area contributed by atoms with E-state index in [4.69, 9.17) is 4.74 Å². The summed E-state index contributed by atoms with van der Waals surface area (Å²) in [6.07, 6.45) is 0.251. The molecule has 0 saturated heterocycles. The number of ether oxygens (including phenoxy) is 1. The second-order valence-electron chi connectivity index (χ2n) is 7.74. The topological polar surface area (TPSA) is 114 Å². The number of nitrogens with one attached hydrogen (secondary N) is 3. The van der Waals surface area contributed by atoms with Gasteiger partial charge in [-0.05, 0) is 62.1 Å². The Morgan fingerprint density at radius 2 is 1.65 bits per heavy atom. The van der Waals surface area contributed by atoms with Gasteiger partial charge in [-0.1, -0.05) is 31.5 Å². The standard InChI is InChI=1S/C22H29N3O5S/c1-14(2)12-20(25-31(28,29)18-9-7-17(30-5)8-10-18)22(27)24-23-21(26)19-11-6-15(3)13-16(19)4/h6-11,13-14,20,25H,12H2,1-5H3,(H,23,26)(H,24,27). The number of benzene rings is 2. The van der Waals surface area contributed by atoms with Crippen LogP contribution in [0, 0.1) is 19.8 Å². The van der Waals surface area contributed by atoms with E-state index < -0.39 is 27.9 Å². The second-order valence-corrected chi connectivity index (χ2v) is 9.45.